The minimum absolute atomic E-state index is 0.618. The molecular formula is C15H26N4. The smallest absolute Gasteiger partial charge is 0.134 e. The van der Waals surface area contributed by atoms with Crippen molar-refractivity contribution in [1.29, 1.82) is 0 Å². The SMILES string of the molecule is CCCNc1nc(C)nc(NC2CC2CCC)c1C. The number of hydrogen-bond acceptors (Lipinski definition) is 4. The molecular weight excluding hydrogens is 236 g/mol. The fourth-order valence-corrected chi connectivity index (χ4v) is 2.47. The molecule has 106 valence electrons. The van der Waals surface area contributed by atoms with E-state index in [0.29, 0.717) is 6.04 Å². The molecule has 0 amide bonds. The number of nitrogens with zero attached hydrogens (tertiary/aromatic N) is 2. The quantitative estimate of drug-likeness (QED) is 0.789. The first-order valence-corrected chi connectivity index (χ1v) is 7.51. The second-order valence-corrected chi connectivity index (χ2v) is 5.56. The van der Waals surface area contributed by atoms with Gasteiger partial charge in [0.1, 0.15) is 17.5 Å². The van der Waals surface area contributed by atoms with Crippen LogP contribution in [0.15, 0.2) is 0 Å². The third-order valence-corrected chi connectivity index (χ3v) is 3.70. The van der Waals surface area contributed by atoms with Crippen molar-refractivity contribution in [1.82, 2.24) is 9.97 Å². The number of hydrogen-bond donors (Lipinski definition) is 2. The predicted molar refractivity (Wildman–Crippen MR) is 80.7 cm³/mol. The molecule has 0 bridgehead atoms. The Bertz CT molecular complexity index is 430. The van der Waals surface area contributed by atoms with E-state index in [4.69, 9.17) is 0 Å². The molecule has 0 spiro atoms. The molecule has 2 unspecified atom stereocenters. The molecule has 1 aromatic rings. The first-order valence-electron chi connectivity index (χ1n) is 7.51. The van der Waals surface area contributed by atoms with Crippen molar-refractivity contribution in [2.45, 2.75) is 59.4 Å². The van der Waals surface area contributed by atoms with Gasteiger partial charge in [0.15, 0.2) is 0 Å². The molecule has 1 saturated carbocycles. The maximum Gasteiger partial charge on any atom is 0.134 e. The van der Waals surface area contributed by atoms with E-state index in [2.05, 4.69) is 41.4 Å². The van der Waals surface area contributed by atoms with Gasteiger partial charge < -0.3 is 10.6 Å². The summed E-state index contributed by atoms with van der Waals surface area (Å²) in [4.78, 5) is 9.05. The molecule has 1 fully saturated rings. The van der Waals surface area contributed by atoms with E-state index in [-0.39, 0.29) is 0 Å². The molecule has 1 aromatic heterocycles. The summed E-state index contributed by atoms with van der Waals surface area (Å²) in [6.07, 6.45) is 4.98. The second-order valence-electron chi connectivity index (χ2n) is 5.56. The summed E-state index contributed by atoms with van der Waals surface area (Å²) in [6, 6.07) is 0.618. The molecule has 4 nitrogen and oxygen atoms in total. The van der Waals surface area contributed by atoms with Crippen LogP contribution >= 0.6 is 0 Å². The molecule has 2 atom stereocenters. The van der Waals surface area contributed by atoms with E-state index >= 15 is 0 Å². The van der Waals surface area contributed by atoms with Gasteiger partial charge in [-0.1, -0.05) is 20.3 Å². The summed E-state index contributed by atoms with van der Waals surface area (Å²) in [5, 5.41) is 6.97. The summed E-state index contributed by atoms with van der Waals surface area (Å²) in [6.45, 7) is 9.42. The number of anilines is 2. The number of nitrogens with one attached hydrogen (secondary N) is 2. The molecule has 1 aliphatic rings. The third kappa shape index (κ3) is 3.58. The summed E-state index contributed by atoms with van der Waals surface area (Å²) in [5.74, 6) is 3.66. The zero-order chi connectivity index (χ0) is 13.8. The molecule has 0 radical (unpaired) electrons. The van der Waals surface area contributed by atoms with Gasteiger partial charge in [-0.15, -0.1) is 0 Å². The Kier molecular flexibility index (Phi) is 4.61. The van der Waals surface area contributed by atoms with Crippen molar-refractivity contribution in [3.8, 4) is 0 Å². The highest BCUT2D eigenvalue weighted by Gasteiger charge is 2.36. The highest BCUT2D eigenvalue weighted by atomic mass is 15.1. The lowest BCUT2D eigenvalue weighted by Gasteiger charge is -2.14. The van der Waals surface area contributed by atoms with Gasteiger partial charge in [0.05, 0.1) is 0 Å². The van der Waals surface area contributed by atoms with Gasteiger partial charge in [0, 0.05) is 18.2 Å². The Hall–Kier alpha value is -1.32. The zero-order valence-electron chi connectivity index (χ0n) is 12.6. The molecule has 0 aromatic carbocycles. The first kappa shape index (κ1) is 14.1. The molecule has 0 saturated heterocycles. The van der Waals surface area contributed by atoms with Crippen LogP contribution in [0.1, 0.15) is 50.9 Å². The normalized spacial score (nSPS) is 21.3. The largest absolute Gasteiger partial charge is 0.370 e. The average Bonchev–Trinajstić information content (AvgIpc) is 3.10. The molecule has 0 aliphatic heterocycles. The molecule has 1 aliphatic carbocycles. The summed E-state index contributed by atoms with van der Waals surface area (Å²) < 4.78 is 0. The standard InChI is InChI=1S/C15H26N4/c1-5-7-12-9-13(12)19-15-10(3)14(16-8-6-2)17-11(4)18-15/h12-13H,5-9H2,1-4H3,(H2,16,17,18,19). The maximum atomic E-state index is 4.55. The van der Waals surface area contributed by atoms with E-state index in [1.54, 1.807) is 0 Å². The van der Waals surface area contributed by atoms with Crippen LogP contribution in [0.4, 0.5) is 11.6 Å². The van der Waals surface area contributed by atoms with Crippen molar-refractivity contribution >= 4 is 11.6 Å². The van der Waals surface area contributed by atoms with Crippen LogP contribution in [-0.4, -0.2) is 22.6 Å². The maximum absolute atomic E-state index is 4.55. The van der Waals surface area contributed by atoms with Gasteiger partial charge in [-0.05, 0) is 39.0 Å². The monoisotopic (exact) mass is 262 g/mol. The van der Waals surface area contributed by atoms with E-state index in [0.717, 1.165) is 41.9 Å². The van der Waals surface area contributed by atoms with E-state index in [1.807, 2.05) is 6.92 Å². The number of rotatable bonds is 7. The van der Waals surface area contributed by atoms with Gasteiger partial charge >= 0.3 is 0 Å². The summed E-state index contributed by atoms with van der Waals surface area (Å²) >= 11 is 0. The summed E-state index contributed by atoms with van der Waals surface area (Å²) in [5.41, 5.74) is 1.14. The van der Waals surface area contributed by atoms with Crippen LogP contribution in [0.5, 0.6) is 0 Å². The van der Waals surface area contributed by atoms with Crippen LogP contribution in [0.2, 0.25) is 0 Å². The van der Waals surface area contributed by atoms with Gasteiger partial charge in [0.25, 0.3) is 0 Å². The molecule has 2 rings (SSSR count). The zero-order valence-corrected chi connectivity index (χ0v) is 12.6. The van der Waals surface area contributed by atoms with Gasteiger partial charge in [-0.2, -0.15) is 0 Å². The van der Waals surface area contributed by atoms with E-state index < -0.39 is 0 Å². The van der Waals surface area contributed by atoms with Crippen LogP contribution in [-0.2, 0) is 0 Å². The Balaban J connectivity index is 2.05. The van der Waals surface area contributed by atoms with Crippen LogP contribution in [0.3, 0.4) is 0 Å². The van der Waals surface area contributed by atoms with Crippen LogP contribution < -0.4 is 10.6 Å². The summed E-state index contributed by atoms with van der Waals surface area (Å²) in [7, 11) is 0. The van der Waals surface area contributed by atoms with Crippen molar-refractivity contribution < 1.29 is 0 Å². The molecule has 1 heterocycles. The Morgan fingerprint density at radius 1 is 1.11 bits per heavy atom. The minimum Gasteiger partial charge on any atom is -0.370 e. The van der Waals surface area contributed by atoms with Gasteiger partial charge in [0.2, 0.25) is 0 Å². The molecule has 2 N–H and O–H groups in total. The molecule has 19 heavy (non-hydrogen) atoms. The van der Waals surface area contributed by atoms with Gasteiger partial charge in [-0.25, -0.2) is 9.97 Å². The Morgan fingerprint density at radius 3 is 2.53 bits per heavy atom. The fraction of sp³-hybridized carbons (Fsp3) is 0.733. The lowest BCUT2D eigenvalue weighted by Crippen LogP contribution is -2.12. The highest BCUT2D eigenvalue weighted by molar-refractivity contribution is 5.58. The van der Waals surface area contributed by atoms with Crippen molar-refractivity contribution in [2.24, 2.45) is 5.92 Å². The van der Waals surface area contributed by atoms with E-state index in [9.17, 15) is 0 Å². The first-order chi connectivity index (χ1) is 9.15. The minimum atomic E-state index is 0.618. The van der Waals surface area contributed by atoms with Crippen molar-refractivity contribution in [2.75, 3.05) is 17.2 Å². The lowest BCUT2D eigenvalue weighted by atomic mass is 10.2. The highest BCUT2D eigenvalue weighted by Crippen LogP contribution is 2.37. The Labute approximate surface area is 116 Å². The van der Waals surface area contributed by atoms with E-state index in [1.165, 1.54) is 19.3 Å². The number of aryl methyl sites for hydroxylation is 1. The number of aromatic nitrogens is 2. The van der Waals surface area contributed by atoms with Crippen LogP contribution in [0, 0.1) is 19.8 Å². The predicted octanol–water partition coefficient (Wildman–Crippen LogP) is 3.52. The Morgan fingerprint density at radius 2 is 1.84 bits per heavy atom. The fourth-order valence-electron chi connectivity index (χ4n) is 2.47. The van der Waals surface area contributed by atoms with Crippen molar-refractivity contribution in [3.63, 3.8) is 0 Å². The topological polar surface area (TPSA) is 49.8 Å². The average molecular weight is 262 g/mol. The lowest BCUT2D eigenvalue weighted by molar-refractivity contribution is 0.691. The van der Waals surface area contributed by atoms with Crippen LogP contribution in [0.25, 0.3) is 0 Å². The van der Waals surface area contributed by atoms with Gasteiger partial charge in [-0.3, -0.25) is 0 Å². The molecule has 4 heteroatoms. The van der Waals surface area contributed by atoms with Crippen molar-refractivity contribution in [3.05, 3.63) is 11.4 Å². The third-order valence-electron chi connectivity index (χ3n) is 3.70. The second kappa shape index (κ2) is 6.22.